The normalized spacial score (nSPS) is 11.0. The first kappa shape index (κ1) is 22.8. The van der Waals surface area contributed by atoms with E-state index in [2.05, 4.69) is 5.32 Å². The van der Waals surface area contributed by atoms with Crippen molar-refractivity contribution in [3.8, 4) is 11.5 Å². The molecule has 0 saturated heterocycles. The number of ether oxygens (including phenoxy) is 2. The molecule has 0 atom stereocenters. The van der Waals surface area contributed by atoms with E-state index in [-0.39, 0.29) is 18.9 Å². The Kier molecular flexibility index (Phi) is 8.60. The molecule has 0 radical (unpaired) electrons. The van der Waals surface area contributed by atoms with E-state index in [1.165, 1.54) is 4.31 Å². The van der Waals surface area contributed by atoms with Crippen LogP contribution in [0.3, 0.4) is 0 Å². The van der Waals surface area contributed by atoms with E-state index in [1.807, 2.05) is 0 Å². The number of nitrogens with one attached hydrogen (secondary N) is 1. The lowest BCUT2D eigenvalue weighted by molar-refractivity contribution is -0.121. The number of methoxy groups -OCH3 is 1. The van der Waals surface area contributed by atoms with Crippen molar-refractivity contribution in [1.29, 1.82) is 0 Å². The molecule has 0 heterocycles. The smallest absolute Gasteiger partial charge is 0.232 e. The summed E-state index contributed by atoms with van der Waals surface area (Å²) in [5, 5.41) is 3.21. The Morgan fingerprint density at radius 3 is 2.45 bits per heavy atom. The molecule has 0 aliphatic heterocycles. The molecule has 0 unspecified atom stereocenters. The molecule has 0 spiro atoms. The standard InChI is InChI=1S/C20H25ClN2O5S/c1-27-18-8-10-19(11-9-18)28-14-12-22-20(24)7-4-13-23(29(2,25)26)17-6-3-5-16(21)15-17/h3,5-6,8-11,15H,4,7,12-14H2,1-2H3,(H,22,24). The Morgan fingerprint density at radius 2 is 1.83 bits per heavy atom. The van der Waals surface area contributed by atoms with Crippen molar-refractivity contribution in [2.24, 2.45) is 0 Å². The topological polar surface area (TPSA) is 84.9 Å². The fourth-order valence-electron chi connectivity index (χ4n) is 2.62. The molecule has 0 aliphatic rings. The quantitative estimate of drug-likeness (QED) is 0.543. The summed E-state index contributed by atoms with van der Waals surface area (Å²) in [6, 6.07) is 13.8. The van der Waals surface area contributed by atoms with Gasteiger partial charge in [-0.3, -0.25) is 9.10 Å². The van der Waals surface area contributed by atoms with Gasteiger partial charge in [-0.05, 0) is 48.9 Å². The lowest BCUT2D eigenvalue weighted by Gasteiger charge is -2.22. The van der Waals surface area contributed by atoms with E-state index in [0.717, 1.165) is 12.0 Å². The summed E-state index contributed by atoms with van der Waals surface area (Å²) in [5.74, 6) is 1.26. The second-order valence-electron chi connectivity index (χ2n) is 6.29. The highest BCUT2D eigenvalue weighted by Crippen LogP contribution is 2.22. The molecule has 1 amide bonds. The summed E-state index contributed by atoms with van der Waals surface area (Å²) in [6.07, 6.45) is 1.71. The number of amides is 1. The molecule has 2 aromatic rings. The van der Waals surface area contributed by atoms with Crippen molar-refractivity contribution >= 4 is 33.2 Å². The van der Waals surface area contributed by atoms with Crippen LogP contribution in [0.2, 0.25) is 5.02 Å². The molecule has 29 heavy (non-hydrogen) atoms. The molecule has 158 valence electrons. The maximum atomic E-state index is 12.1. The number of sulfonamides is 1. The summed E-state index contributed by atoms with van der Waals surface area (Å²) in [7, 11) is -1.88. The predicted octanol–water partition coefficient (Wildman–Crippen LogP) is 3.09. The Labute approximate surface area is 176 Å². The number of hydrogen-bond donors (Lipinski definition) is 1. The molecule has 1 N–H and O–H groups in total. The lowest BCUT2D eigenvalue weighted by atomic mass is 10.2. The van der Waals surface area contributed by atoms with Crippen molar-refractivity contribution in [3.05, 3.63) is 53.6 Å². The molecule has 0 saturated carbocycles. The van der Waals surface area contributed by atoms with Gasteiger partial charge in [0.25, 0.3) is 0 Å². The average molecular weight is 441 g/mol. The second kappa shape index (κ2) is 10.9. The molecule has 9 heteroatoms. The largest absolute Gasteiger partial charge is 0.497 e. The number of nitrogens with zero attached hydrogens (tertiary/aromatic N) is 1. The van der Waals surface area contributed by atoms with E-state index >= 15 is 0 Å². The van der Waals surface area contributed by atoms with Crippen molar-refractivity contribution < 1.29 is 22.7 Å². The van der Waals surface area contributed by atoms with Gasteiger partial charge in [-0.1, -0.05) is 17.7 Å². The first-order valence-corrected chi connectivity index (χ1v) is 11.3. The summed E-state index contributed by atoms with van der Waals surface area (Å²) in [5.41, 5.74) is 0.480. The third-order valence-corrected chi connectivity index (χ3v) is 5.44. The minimum atomic E-state index is -3.48. The highest BCUT2D eigenvalue weighted by molar-refractivity contribution is 7.92. The van der Waals surface area contributed by atoms with Gasteiger partial charge < -0.3 is 14.8 Å². The van der Waals surface area contributed by atoms with Crippen LogP contribution in [0.4, 0.5) is 5.69 Å². The van der Waals surface area contributed by atoms with Gasteiger partial charge in [0.05, 0.1) is 25.6 Å². The van der Waals surface area contributed by atoms with Crippen molar-refractivity contribution in [2.45, 2.75) is 12.8 Å². The number of hydrogen-bond acceptors (Lipinski definition) is 5. The van der Waals surface area contributed by atoms with Crippen molar-refractivity contribution in [3.63, 3.8) is 0 Å². The van der Waals surface area contributed by atoms with Crippen LogP contribution >= 0.6 is 11.6 Å². The van der Waals surface area contributed by atoms with Gasteiger partial charge in [0, 0.05) is 18.0 Å². The van der Waals surface area contributed by atoms with E-state index in [4.69, 9.17) is 21.1 Å². The minimum Gasteiger partial charge on any atom is -0.497 e. The molecule has 0 fully saturated rings. The minimum absolute atomic E-state index is 0.164. The summed E-state index contributed by atoms with van der Waals surface area (Å²) >= 11 is 5.95. The third kappa shape index (κ3) is 7.83. The third-order valence-electron chi connectivity index (χ3n) is 4.01. The first-order valence-electron chi connectivity index (χ1n) is 9.06. The molecule has 2 rings (SSSR count). The molecule has 2 aromatic carbocycles. The first-order chi connectivity index (χ1) is 13.8. The number of carbonyl (C=O) groups is 1. The fourth-order valence-corrected chi connectivity index (χ4v) is 3.76. The molecular formula is C20H25ClN2O5S. The zero-order valence-corrected chi connectivity index (χ0v) is 18.0. The van der Waals surface area contributed by atoms with Crippen LogP contribution in [-0.2, 0) is 14.8 Å². The van der Waals surface area contributed by atoms with Crippen molar-refractivity contribution in [1.82, 2.24) is 5.32 Å². The zero-order chi connectivity index (χ0) is 21.3. The predicted molar refractivity (Wildman–Crippen MR) is 114 cm³/mol. The maximum absolute atomic E-state index is 12.1. The van der Waals surface area contributed by atoms with Gasteiger partial charge in [-0.25, -0.2) is 8.42 Å². The van der Waals surface area contributed by atoms with E-state index in [0.29, 0.717) is 36.0 Å². The van der Waals surface area contributed by atoms with Crippen LogP contribution in [0.15, 0.2) is 48.5 Å². The van der Waals surface area contributed by atoms with Crippen molar-refractivity contribution in [2.75, 3.05) is 37.4 Å². The Balaban J connectivity index is 1.73. The van der Waals surface area contributed by atoms with Gasteiger partial charge in [0.2, 0.25) is 15.9 Å². The van der Waals surface area contributed by atoms with Crippen LogP contribution in [0.1, 0.15) is 12.8 Å². The van der Waals surface area contributed by atoms with Crippen LogP contribution in [0.5, 0.6) is 11.5 Å². The van der Waals surface area contributed by atoms with Gasteiger partial charge in [0.1, 0.15) is 18.1 Å². The van der Waals surface area contributed by atoms with E-state index < -0.39 is 10.0 Å². The molecule has 7 nitrogen and oxygen atoms in total. The number of rotatable bonds is 11. The van der Waals surface area contributed by atoms with E-state index in [1.54, 1.807) is 55.6 Å². The number of halogens is 1. The molecular weight excluding hydrogens is 416 g/mol. The average Bonchev–Trinajstić information content (AvgIpc) is 2.68. The number of benzene rings is 2. The summed E-state index contributed by atoms with van der Waals surface area (Å²) in [4.78, 5) is 12.0. The molecule has 0 bridgehead atoms. The Hall–Kier alpha value is -2.45. The zero-order valence-electron chi connectivity index (χ0n) is 16.4. The molecule has 0 aliphatic carbocycles. The highest BCUT2D eigenvalue weighted by Gasteiger charge is 2.17. The Bertz CT molecular complexity index is 903. The van der Waals surface area contributed by atoms with E-state index in [9.17, 15) is 13.2 Å². The van der Waals surface area contributed by atoms with Crippen LogP contribution in [0.25, 0.3) is 0 Å². The number of carbonyl (C=O) groups excluding carboxylic acids is 1. The van der Waals surface area contributed by atoms with Gasteiger partial charge in [0.15, 0.2) is 0 Å². The second-order valence-corrected chi connectivity index (χ2v) is 8.64. The fraction of sp³-hybridized carbons (Fsp3) is 0.350. The van der Waals surface area contributed by atoms with Crippen LogP contribution in [0, 0.1) is 0 Å². The Morgan fingerprint density at radius 1 is 1.14 bits per heavy atom. The van der Waals surface area contributed by atoms with Crippen LogP contribution in [-0.4, -0.2) is 47.4 Å². The van der Waals surface area contributed by atoms with Gasteiger partial charge in [-0.15, -0.1) is 0 Å². The highest BCUT2D eigenvalue weighted by atomic mass is 35.5. The number of anilines is 1. The van der Waals surface area contributed by atoms with Gasteiger partial charge in [-0.2, -0.15) is 0 Å². The summed E-state index contributed by atoms with van der Waals surface area (Å²) in [6.45, 7) is 0.875. The SMILES string of the molecule is COc1ccc(OCCNC(=O)CCCN(c2cccc(Cl)c2)S(C)(=O)=O)cc1. The lowest BCUT2D eigenvalue weighted by Crippen LogP contribution is -2.32. The van der Waals surface area contributed by atoms with Gasteiger partial charge >= 0.3 is 0 Å². The van der Waals surface area contributed by atoms with Crippen LogP contribution < -0.4 is 19.1 Å². The molecule has 0 aromatic heterocycles. The summed E-state index contributed by atoms with van der Waals surface area (Å²) < 4.78 is 36.0. The monoisotopic (exact) mass is 440 g/mol. The maximum Gasteiger partial charge on any atom is 0.232 e.